The fourth-order valence-electron chi connectivity index (χ4n) is 1.32. The first-order valence-electron chi connectivity index (χ1n) is 5.67. The number of pyridine rings is 1. The summed E-state index contributed by atoms with van der Waals surface area (Å²) in [5, 5.41) is 7.37. The van der Waals surface area contributed by atoms with Crippen LogP contribution in [0.3, 0.4) is 0 Å². The maximum Gasteiger partial charge on any atom is 0.214 e. The second kappa shape index (κ2) is 6.85. The summed E-state index contributed by atoms with van der Waals surface area (Å²) in [7, 11) is 0. The van der Waals surface area contributed by atoms with E-state index in [1.54, 1.807) is 12.1 Å². The van der Waals surface area contributed by atoms with E-state index >= 15 is 0 Å². The van der Waals surface area contributed by atoms with E-state index < -0.39 is 0 Å². The quantitative estimate of drug-likeness (QED) is 0.427. The molecule has 1 aromatic rings. The highest BCUT2D eigenvalue weighted by Crippen LogP contribution is 2.11. The Morgan fingerprint density at radius 1 is 1.35 bits per heavy atom. The predicted octanol–water partition coefficient (Wildman–Crippen LogP) is 1.48. The van der Waals surface area contributed by atoms with Gasteiger partial charge in [-0.3, -0.25) is 5.41 Å². The van der Waals surface area contributed by atoms with Crippen LogP contribution in [0.2, 0.25) is 0 Å². The van der Waals surface area contributed by atoms with Gasteiger partial charge < -0.3 is 15.2 Å². The van der Waals surface area contributed by atoms with Crippen LogP contribution in [-0.4, -0.2) is 30.6 Å². The molecule has 5 heteroatoms. The topological polar surface area (TPSA) is 81.2 Å². The van der Waals surface area contributed by atoms with Gasteiger partial charge in [-0.25, -0.2) is 4.98 Å². The Kier molecular flexibility index (Phi) is 5.42. The molecule has 0 aliphatic rings. The fourth-order valence-corrected chi connectivity index (χ4v) is 1.32. The summed E-state index contributed by atoms with van der Waals surface area (Å²) in [6.45, 7) is 5.63. The molecule has 5 nitrogen and oxygen atoms in total. The average molecular weight is 237 g/mol. The summed E-state index contributed by atoms with van der Waals surface area (Å²) in [5.41, 5.74) is 6.83. The van der Waals surface area contributed by atoms with Crippen molar-refractivity contribution in [2.75, 3.05) is 19.8 Å². The Labute approximate surface area is 101 Å². The van der Waals surface area contributed by atoms with Crippen LogP contribution in [0, 0.1) is 12.3 Å². The first-order chi connectivity index (χ1) is 8.13. The van der Waals surface area contributed by atoms with Gasteiger partial charge in [0.1, 0.15) is 12.4 Å². The summed E-state index contributed by atoms with van der Waals surface area (Å²) in [5.74, 6) is 0.498. The Balaban J connectivity index is 2.50. The number of rotatable bonds is 7. The summed E-state index contributed by atoms with van der Waals surface area (Å²) < 4.78 is 10.7. The van der Waals surface area contributed by atoms with Crippen molar-refractivity contribution >= 4 is 5.84 Å². The lowest BCUT2D eigenvalue weighted by molar-refractivity contribution is 0.0989. The summed E-state index contributed by atoms with van der Waals surface area (Å²) in [6.07, 6.45) is 0.997. The van der Waals surface area contributed by atoms with E-state index in [1.165, 1.54) is 0 Å². The molecule has 0 radical (unpaired) electrons. The van der Waals surface area contributed by atoms with Crippen molar-refractivity contribution in [1.82, 2.24) is 4.98 Å². The summed E-state index contributed by atoms with van der Waals surface area (Å²) in [4.78, 5) is 4.20. The third-order valence-corrected chi connectivity index (χ3v) is 2.07. The lowest BCUT2D eigenvalue weighted by atomic mass is 10.2. The van der Waals surface area contributed by atoms with Gasteiger partial charge >= 0.3 is 0 Å². The molecule has 0 aliphatic carbocycles. The molecule has 1 heterocycles. The molecule has 1 aromatic heterocycles. The highest BCUT2D eigenvalue weighted by atomic mass is 16.5. The van der Waals surface area contributed by atoms with Gasteiger partial charge in [-0.2, -0.15) is 0 Å². The van der Waals surface area contributed by atoms with Crippen molar-refractivity contribution in [1.29, 1.82) is 5.41 Å². The van der Waals surface area contributed by atoms with Crippen molar-refractivity contribution in [2.24, 2.45) is 5.73 Å². The van der Waals surface area contributed by atoms with Gasteiger partial charge in [0.2, 0.25) is 5.88 Å². The van der Waals surface area contributed by atoms with Crippen LogP contribution in [0.4, 0.5) is 0 Å². The molecule has 0 atom stereocenters. The van der Waals surface area contributed by atoms with E-state index in [0.29, 0.717) is 24.7 Å². The number of nitrogens with one attached hydrogen (secondary N) is 1. The second-order valence-electron chi connectivity index (χ2n) is 3.71. The summed E-state index contributed by atoms with van der Waals surface area (Å²) >= 11 is 0. The van der Waals surface area contributed by atoms with E-state index in [1.807, 2.05) is 6.92 Å². The maximum absolute atomic E-state index is 7.37. The van der Waals surface area contributed by atoms with Crippen molar-refractivity contribution < 1.29 is 9.47 Å². The molecule has 94 valence electrons. The van der Waals surface area contributed by atoms with Crippen LogP contribution < -0.4 is 10.5 Å². The highest BCUT2D eigenvalue weighted by Gasteiger charge is 2.03. The minimum Gasteiger partial charge on any atom is -0.475 e. The van der Waals surface area contributed by atoms with E-state index in [2.05, 4.69) is 11.9 Å². The van der Waals surface area contributed by atoms with Crippen molar-refractivity contribution in [2.45, 2.75) is 20.3 Å². The molecular formula is C12H19N3O2. The molecule has 0 spiro atoms. The average Bonchev–Trinajstić information content (AvgIpc) is 2.28. The monoisotopic (exact) mass is 237 g/mol. The molecule has 0 saturated heterocycles. The van der Waals surface area contributed by atoms with E-state index in [9.17, 15) is 0 Å². The number of nitrogens with zero attached hydrogens (tertiary/aromatic N) is 1. The largest absolute Gasteiger partial charge is 0.475 e. The van der Waals surface area contributed by atoms with E-state index in [-0.39, 0.29) is 5.84 Å². The number of nitrogens with two attached hydrogens (primary N) is 1. The number of hydrogen-bond donors (Lipinski definition) is 2. The molecule has 1 rings (SSSR count). The third-order valence-electron chi connectivity index (χ3n) is 2.07. The number of hydrogen-bond acceptors (Lipinski definition) is 4. The Morgan fingerprint density at radius 3 is 2.76 bits per heavy atom. The molecule has 3 N–H and O–H groups in total. The van der Waals surface area contributed by atoms with Gasteiger partial charge in [0.25, 0.3) is 0 Å². The van der Waals surface area contributed by atoms with E-state index in [4.69, 9.17) is 20.6 Å². The highest BCUT2D eigenvalue weighted by molar-refractivity contribution is 5.95. The number of aromatic nitrogens is 1. The lowest BCUT2D eigenvalue weighted by Gasteiger charge is -2.08. The van der Waals surface area contributed by atoms with Crippen LogP contribution in [0.1, 0.15) is 24.6 Å². The van der Waals surface area contributed by atoms with Crippen molar-refractivity contribution in [3.05, 3.63) is 23.4 Å². The first kappa shape index (κ1) is 13.4. The maximum atomic E-state index is 7.37. The molecule has 0 amide bonds. The third kappa shape index (κ3) is 4.82. The Morgan fingerprint density at radius 2 is 2.12 bits per heavy atom. The molecular weight excluding hydrogens is 218 g/mol. The van der Waals surface area contributed by atoms with Gasteiger partial charge in [-0.15, -0.1) is 0 Å². The molecule has 17 heavy (non-hydrogen) atoms. The van der Waals surface area contributed by atoms with Gasteiger partial charge in [0.05, 0.1) is 6.61 Å². The number of aryl methyl sites for hydroxylation is 1. The number of amidine groups is 1. The Bertz CT molecular complexity index is 380. The van der Waals surface area contributed by atoms with Gasteiger partial charge in [0.15, 0.2) is 0 Å². The molecule has 0 saturated carbocycles. The Hall–Kier alpha value is -1.62. The standard InChI is InChI=1S/C12H19N3O2/c1-3-4-16-5-6-17-11-8-10(12(13)14)7-9(2)15-11/h7-8H,3-6H2,1-2H3,(H3,13,14). The molecule has 0 fully saturated rings. The van der Waals surface area contributed by atoms with Gasteiger partial charge in [-0.1, -0.05) is 6.92 Å². The van der Waals surface area contributed by atoms with Crippen LogP contribution in [0.5, 0.6) is 5.88 Å². The van der Waals surface area contributed by atoms with E-state index in [0.717, 1.165) is 18.7 Å². The normalized spacial score (nSPS) is 10.2. The fraction of sp³-hybridized carbons (Fsp3) is 0.500. The molecule has 0 aliphatic heterocycles. The number of nitrogen functional groups attached to an aromatic ring is 1. The van der Waals surface area contributed by atoms with Crippen LogP contribution in [0.15, 0.2) is 12.1 Å². The van der Waals surface area contributed by atoms with Crippen LogP contribution in [-0.2, 0) is 4.74 Å². The lowest BCUT2D eigenvalue weighted by Crippen LogP contribution is -2.13. The van der Waals surface area contributed by atoms with Gasteiger partial charge in [-0.05, 0) is 19.4 Å². The smallest absolute Gasteiger partial charge is 0.214 e. The summed E-state index contributed by atoms with van der Waals surface area (Å²) in [6, 6.07) is 3.41. The van der Waals surface area contributed by atoms with Crippen molar-refractivity contribution in [3.63, 3.8) is 0 Å². The zero-order valence-corrected chi connectivity index (χ0v) is 10.3. The van der Waals surface area contributed by atoms with Crippen LogP contribution in [0.25, 0.3) is 0 Å². The minimum absolute atomic E-state index is 0.0163. The first-order valence-corrected chi connectivity index (χ1v) is 5.67. The molecule has 0 unspecified atom stereocenters. The SMILES string of the molecule is CCCOCCOc1cc(C(=N)N)cc(C)n1. The molecule has 0 aromatic carbocycles. The zero-order valence-electron chi connectivity index (χ0n) is 10.3. The van der Waals surface area contributed by atoms with Crippen LogP contribution >= 0.6 is 0 Å². The second-order valence-corrected chi connectivity index (χ2v) is 3.71. The molecule has 0 bridgehead atoms. The van der Waals surface area contributed by atoms with Crippen molar-refractivity contribution in [3.8, 4) is 5.88 Å². The zero-order chi connectivity index (χ0) is 12.7. The number of ether oxygens (including phenoxy) is 2. The minimum atomic E-state index is 0.0163. The van der Waals surface area contributed by atoms with Gasteiger partial charge in [0, 0.05) is 23.9 Å². The predicted molar refractivity (Wildman–Crippen MR) is 66.6 cm³/mol.